The van der Waals surface area contributed by atoms with E-state index in [4.69, 9.17) is 11.6 Å². The molecule has 1 saturated heterocycles. The Morgan fingerprint density at radius 3 is 2.74 bits per heavy atom. The van der Waals surface area contributed by atoms with Gasteiger partial charge in [0.05, 0.1) is 5.56 Å². The van der Waals surface area contributed by atoms with Crippen molar-refractivity contribution in [3.8, 4) is 0 Å². The number of hydrogen-bond acceptors (Lipinski definition) is 3. The number of nitrogens with one attached hydrogen (secondary N) is 1. The first-order valence-corrected chi connectivity index (χ1v) is 7.56. The summed E-state index contributed by atoms with van der Waals surface area (Å²) < 4.78 is 0.738. The van der Waals surface area contributed by atoms with Crippen molar-refractivity contribution in [1.29, 1.82) is 0 Å². The molecule has 0 saturated carbocycles. The first kappa shape index (κ1) is 14.8. The van der Waals surface area contributed by atoms with Crippen molar-refractivity contribution in [3.05, 3.63) is 27.5 Å². The van der Waals surface area contributed by atoms with Crippen LogP contribution in [0, 0.1) is 0 Å². The maximum atomic E-state index is 12.3. The second-order valence-corrected chi connectivity index (χ2v) is 6.24. The van der Waals surface area contributed by atoms with Gasteiger partial charge in [0.2, 0.25) is 0 Å². The van der Waals surface area contributed by atoms with Crippen LogP contribution in [-0.4, -0.2) is 28.0 Å². The van der Waals surface area contributed by atoms with E-state index in [1.807, 2.05) is 5.01 Å². The minimum atomic E-state index is -0.209. The number of pyridine rings is 1. The van der Waals surface area contributed by atoms with Gasteiger partial charge < -0.3 is 0 Å². The summed E-state index contributed by atoms with van der Waals surface area (Å²) in [5.41, 5.74) is 3.34. The molecule has 4 nitrogen and oxygen atoms in total. The number of hydrogen-bond donors (Lipinski definition) is 1. The SMILES string of the molecule is CC1CCCC(C)N1NC(=O)c1cc(Br)cnc1Cl. The van der Waals surface area contributed by atoms with Gasteiger partial charge in [-0.3, -0.25) is 10.2 Å². The van der Waals surface area contributed by atoms with Crippen LogP contribution >= 0.6 is 27.5 Å². The fourth-order valence-corrected chi connectivity index (χ4v) is 2.92. The molecule has 1 aliphatic heterocycles. The summed E-state index contributed by atoms with van der Waals surface area (Å²) >= 11 is 9.27. The summed E-state index contributed by atoms with van der Waals surface area (Å²) in [5.74, 6) is -0.209. The zero-order valence-corrected chi connectivity index (χ0v) is 13.3. The number of amides is 1. The van der Waals surface area contributed by atoms with Crippen LogP contribution in [0.2, 0.25) is 5.15 Å². The summed E-state index contributed by atoms with van der Waals surface area (Å²) in [4.78, 5) is 16.2. The molecule has 1 amide bonds. The normalized spacial score (nSPS) is 24.2. The van der Waals surface area contributed by atoms with Crippen molar-refractivity contribution in [3.63, 3.8) is 0 Å². The molecule has 1 aliphatic rings. The first-order chi connectivity index (χ1) is 8.99. The number of piperidine rings is 1. The summed E-state index contributed by atoms with van der Waals surface area (Å²) in [6, 6.07) is 2.36. The van der Waals surface area contributed by atoms with E-state index in [1.165, 1.54) is 6.42 Å². The zero-order valence-electron chi connectivity index (χ0n) is 11.0. The molecule has 104 valence electrons. The van der Waals surface area contributed by atoms with Gasteiger partial charge in [-0.2, -0.15) is 0 Å². The summed E-state index contributed by atoms with van der Waals surface area (Å²) in [5, 5.41) is 2.24. The van der Waals surface area contributed by atoms with Gasteiger partial charge in [-0.15, -0.1) is 0 Å². The first-order valence-electron chi connectivity index (χ1n) is 6.39. The van der Waals surface area contributed by atoms with E-state index in [-0.39, 0.29) is 11.1 Å². The predicted molar refractivity (Wildman–Crippen MR) is 79.0 cm³/mol. The number of carbonyl (C=O) groups is 1. The molecule has 1 aromatic heterocycles. The molecule has 0 bridgehead atoms. The summed E-state index contributed by atoms with van der Waals surface area (Å²) in [6.07, 6.45) is 4.96. The maximum Gasteiger partial charge on any atom is 0.268 e. The number of carbonyl (C=O) groups excluding carboxylic acids is 1. The Balaban J connectivity index is 2.14. The van der Waals surface area contributed by atoms with E-state index >= 15 is 0 Å². The average molecular weight is 347 g/mol. The molecule has 0 spiro atoms. The van der Waals surface area contributed by atoms with Crippen LogP contribution in [0.1, 0.15) is 43.5 Å². The highest BCUT2D eigenvalue weighted by atomic mass is 79.9. The van der Waals surface area contributed by atoms with Crippen LogP contribution in [0.15, 0.2) is 16.7 Å². The quantitative estimate of drug-likeness (QED) is 0.835. The van der Waals surface area contributed by atoms with E-state index in [1.54, 1.807) is 12.3 Å². The molecular weight excluding hydrogens is 330 g/mol. The highest BCUT2D eigenvalue weighted by Crippen LogP contribution is 2.22. The van der Waals surface area contributed by atoms with Gasteiger partial charge in [0, 0.05) is 22.8 Å². The molecule has 0 radical (unpaired) electrons. The molecule has 1 N–H and O–H groups in total. The highest BCUT2D eigenvalue weighted by Gasteiger charge is 2.27. The van der Waals surface area contributed by atoms with Crippen molar-refractivity contribution >= 4 is 33.4 Å². The molecule has 0 aliphatic carbocycles. The van der Waals surface area contributed by atoms with Gasteiger partial charge in [0.25, 0.3) is 5.91 Å². The maximum absolute atomic E-state index is 12.3. The van der Waals surface area contributed by atoms with Crippen LogP contribution < -0.4 is 5.43 Å². The smallest absolute Gasteiger partial charge is 0.268 e. The van der Waals surface area contributed by atoms with Gasteiger partial charge in [0.15, 0.2) is 0 Å². The third-order valence-electron chi connectivity index (χ3n) is 3.47. The van der Waals surface area contributed by atoms with Crippen molar-refractivity contribution in [2.24, 2.45) is 0 Å². The molecule has 2 rings (SSSR count). The minimum absolute atomic E-state index is 0.209. The molecule has 2 atom stereocenters. The molecule has 2 heterocycles. The van der Waals surface area contributed by atoms with E-state index in [0.29, 0.717) is 17.6 Å². The second-order valence-electron chi connectivity index (χ2n) is 4.97. The van der Waals surface area contributed by atoms with Crippen molar-refractivity contribution in [1.82, 2.24) is 15.4 Å². The zero-order chi connectivity index (χ0) is 14.0. The van der Waals surface area contributed by atoms with Crippen LogP contribution in [-0.2, 0) is 0 Å². The number of nitrogens with zero attached hydrogens (tertiary/aromatic N) is 2. The minimum Gasteiger partial charge on any atom is -0.284 e. The monoisotopic (exact) mass is 345 g/mol. The Morgan fingerprint density at radius 1 is 1.47 bits per heavy atom. The van der Waals surface area contributed by atoms with E-state index in [9.17, 15) is 4.79 Å². The van der Waals surface area contributed by atoms with Gasteiger partial charge in [-0.05, 0) is 48.7 Å². The fraction of sp³-hybridized carbons (Fsp3) is 0.538. The highest BCUT2D eigenvalue weighted by molar-refractivity contribution is 9.10. The molecule has 1 fully saturated rings. The second kappa shape index (κ2) is 6.20. The predicted octanol–water partition coefficient (Wildman–Crippen LogP) is 3.41. The van der Waals surface area contributed by atoms with E-state index in [2.05, 4.69) is 40.2 Å². The van der Waals surface area contributed by atoms with Crippen LogP contribution in [0.25, 0.3) is 0 Å². The van der Waals surface area contributed by atoms with Gasteiger partial charge in [0.1, 0.15) is 5.15 Å². The average Bonchev–Trinajstić information content (AvgIpc) is 2.37. The third-order valence-corrected chi connectivity index (χ3v) is 4.21. The van der Waals surface area contributed by atoms with E-state index < -0.39 is 0 Å². The number of aromatic nitrogens is 1. The lowest BCUT2D eigenvalue weighted by Gasteiger charge is -2.38. The number of rotatable bonds is 2. The lowest BCUT2D eigenvalue weighted by Crippen LogP contribution is -2.54. The molecule has 19 heavy (non-hydrogen) atoms. The van der Waals surface area contributed by atoms with Gasteiger partial charge in [-0.1, -0.05) is 18.0 Å². The fourth-order valence-electron chi connectivity index (χ4n) is 2.40. The van der Waals surface area contributed by atoms with E-state index in [0.717, 1.165) is 17.3 Å². The Hall–Kier alpha value is -0.650. The van der Waals surface area contributed by atoms with Crippen LogP contribution in [0.3, 0.4) is 0 Å². The van der Waals surface area contributed by atoms with Gasteiger partial charge >= 0.3 is 0 Å². The Labute approximate surface area is 126 Å². The molecule has 1 aromatic rings. The lowest BCUT2D eigenvalue weighted by atomic mass is 10.00. The molecule has 2 unspecified atom stereocenters. The molecule has 0 aromatic carbocycles. The standard InChI is InChI=1S/C13H17BrClN3O/c1-8-4-3-5-9(2)18(8)17-13(19)11-6-10(14)7-16-12(11)15/h6-9H,3-5H2,1-2H3,(H,17,19). The number of halogens is 2. The Bertz CT molecular complexity index is 473. The van der Waals surface area contributed by atoms with Crippen molar-refractivity contribution < 1.29 is 4.79 Å². The Morgan fingerprint density at radius 2 is 2.11 bits per heavy atom. The lowest BCUT2D eigenvalue weighted by molar-refractivity contribution is 0.0369. The van der Waals surface area contributed by atoms with Crippen molar-refractivity contribution in [2.75, 3.05) is 0 Å². The third kappa shape index (κ3) is 3.46. The molecular formula is C13H17BrClN3O. The van der Waals surface area contributed by atoms with Gasteiger partial charge in [-0.25, -0.2) is 9.99 Å². The van der Waals surface area contributed by atoms with Crippen LogP contribution in [0.5, 0.6) is 0 Å². The summed E-state index contributed by atoms with van der Waals surface area (Å²) in [7, 11) is 0. The number of hydrazine groups is 1. The van der Waals surface area contributed by atoms with Crippen molar-refractivity contribution in [2.45, 2.75) is 45.2 Å². The molecule has 6 heteroatoms. The van der Waals surface area contributed by atoms with Crippen LogP contribution in [0.4, 0.5) is 0 Å². The largest absolute Gasteiger partial charge is 0.284 e. The topological polar surface area (TPSA) is 45.2 Å². The summed E-state index contributed by atoms with van der Waals surface area (Å²) in [6.45, 7) is 4.24. The Kier molecular flexibility index (Phi) is 4.81.